The van der Waals surface area contributed by atoms with Gasteiger partial charge in [-0.2, -0.15) is 0 Å². The first-order chi connectivity index (χ1) is 6.70. The van der Waals surface area contributed by atoms with E-state index >= 15 is 0 Å². The quantitative estimate of drug-likeness (QED) is 0.705. The Balaban J connectivity index is 2.44. The van der Waals surface area contributed by atoms with Crippen LogP contribution in [-0.2, 0) is 0 Å². The van der Waals surface area contributed by atoms with E-state index in [-0.39, 0.29) is 0 Å². The molecular formula is C11H24N2O. The lowest BCUT2D eigenvalue weighted by Gasteiger charge is -2.32. The topological polar surface area (TPSA) is 35.5 Å². The molecule has 0 amide bonds. The van der Waals surface area contributed by atoms with Gasteiger partial charge in [0.1, 0.15) is 0 Å². The van der Waals surface area contributed by atoms with E-state index in [9.17, 15) is 5.11 Å². The van der Waals surface area contributed by atoms with Crippen molar-refractivity contribution in [3.63, 3.8) is 0 Å². The highest BCUT2D eigenvalue weighted by Gasteiger charge is 2.29. The average molecular weight is 200 g/mol. The minimum absolute atomic E-state index is 0.449. The number of nitrogens with zero attached hydrogens (tertiary/aromatic N) is 1. The van der Waals surface area contributed by atoms with Gasteiger partial charge in [0.05, 0.1) is 5.60 Å². The fourth-order valence-corrected chi connectivity index (χ4v) is 2.14. The van der Waals surface area contributed by atoms with Gasteiger partial charge in [0.25, 0.3) is 0 Å². The second-order valence-electron chi connectivity index (χ2n) is 4.29. The number of aliphatic hydroxyl groups is 1. The Morgan fingerprint density at radius 2 is 1.93 bits per heavy atom. The summed E-state index contributed by atoms with van der Waals surface area (Å²) in [5, 5.41) is 13.7. The van der Waals surface area contributed by atoms with E-state index < -0.39 is 5.60 Å². The Kier molecular flexibility index (Phi) is 4.85. The number of hydrogen-bond acceptors (Lipinski definition) is 3. The molecule has 14 heavy (non-hydrogen) atoms. The van der Waals surface area contributed by atoms with Crippen molar-refractivity contribution < 1.29 is 5.11 Å². The summed E-state index contributed by atoms with van der Waals surface area (Å²) in [5.41, 5.74) is -0.449. The maximum Gasteiger partial charge on any atom is 0.0786 e. The smallest absolute Gasteiger partial charge is 0.0786 e. The van der Waals surface area contributed by atoms with Crippen molar-refractivity contribution in [3.05, 3.63) is 0 Å². The van der Waals surface area contributed by atoms with Crippen LogP contribution in [0.25, 0.3) is 0 Å². The van der Waals surface area contributed by atoms with Gasteiger partial charge >= 0.3 is 0 Å². The Labute approximate surface area is 87.5 Å². The predicted molar refractivity (Wildman–Crippen MR) is 59.5 cm³/mol. The first-order valence-electron chi connectivity index (χ1n) is 5.85. The van der Waals surface area contributed by atoms with E-state index in [4.69, 9.17) is 0 Å². The van der Waals surface area contributed by atoms with Crippen molar-refractivity contribution in [3.8, 4) is 0 Å². The summed E-state index contributed by atoms with van der Waals surface area (Å²) >= 11 is 0. The van der Waals surface area contributed by atoms with Gasteiger partial charge in [-0.05, 0) is 45.4 Å². The van der Waals surface area contributed by atoms with Crippen molar-refractivity contribution in [1.82, 2.24) is 10.2 Å². The molecule has 1 saturated heterocycles. The molecule has 1 fully saturated rings. The Bertz CT molecular complexity index is 149. The second-order valence-corrected chi connectivity index (χ2v) is 4.29. The van der Waals surface area contributed by atoms with Crippen LogP contribution in [-0.4, -0.2) is 48.3 Å². The van der Waals surface area contributed by atoms with Gasteiger partial charge in [-0.1, -0.05) is 13.8 Å². The standard InChI is InChI=1S/C11H24N2O/c1-3-13(4-2)10-11(14)6-5-8-12-9-7-11/h12,14H,3-10H2,1-2H3/t11-/m1/s1. The molecule has 0 spiro atoms. The minimum atomic E-state index is -0.449. The molecule has 0 saturated carbocycles. The molecule has 0 aromatic carbocycles. The van der Waals surface area contributed by atoms with E-state index in [1.54, 1.807) is 0 Å². The van der Waals surface area contributed by atoms with E-state index in [2.05, 4.69) is 24.1 Å². The van der Waals surface area contributed by atoms with Crippen LogP contribution >= 0.6 is 0 Å². The predicted octanol–water partition coefficient (Wildman–Crippen LogP) is 0.833. The van der Waals surface area contributed by atoms with Gasteiger partial charge < -0.3 is 15.3 Å². The number of rotatable bonds is 4. The lowest BCUT2D eigenvalue weighted by molar-refractivity contribution is -0.00430. The molecule has 0 aromatic rings. The fourth-order valence-electron chi connectivity index (χ4n) is 2.14. The third-order valence-corrected chi connectivity index (χ3v) is 3.18. The molecule has 0 aromatic heterocycles. The highest BCUT2D eigenvalue weighted by molar-refractivity contribution is 4.85. The fraction of sp³-hybridized carbons (Fsp3) is 1.00. The monoisotopic (exact) mass is 200 g/mol. The van der Waals surface area contributed by atoms with Gasteiger partial charge in [0.15, 0.2) is 0 Å². The molecule has 3 nitrogen and oxygen atoms in total. The molecule has 1 aliphatic rings. The van der Waals surface area contributed by atoms with E-state index in [0.717, 1.165) is 52.0 Å². The van der Waals surface area contributed by atoms with Crippen LogP contribution < -0.4 is 5.32 Å². The Morgan fingerprint density at radius 1 is 1.21 bits per heavy atom. The summed E-state index contributed by atoms with van der Waals surface area (Å²) < 4.78 is 0. The normalized spacial score (nSPS) is 29.1. The van der Waals surface area contributed by atoms with Crippen molar-refractivity contribution in [2.45, 2.75) is 38.7 Å². The van der Waals surface area contributed by atoms with Crippen LogP contribution in [0.3, 0.4) is 0 Å². The molecule has 84 valence electrons. The first-order valence-corrected chi connectivity index (χ1v) is 5.85. The zero-order chi connectivity index (χ0) is 10.4. The van der Waals surface area contributed by atoms with Crippen LogP contribution in [0, 0.1) is 0 Å². The Morgan fingerprint density at radius 3 is 2.57 bits per heavy atom. The zero-order valence-corrected chi connectivity index (χ0v) is 9.55. The third-order valence-electron chi connectivity index (χ3n) is 3.18. The summed E-state index contributed by atoms with van der Waals surface area (Å²) in [6.45, 7) is 9.22. The van der Waals surface area contributed by atoms with Crippen molar-refractivity contribution in [1.29, 1.82) is 0 Å². The number of nitrogens with one attached hydrogen (secondary N) is 1. The summed E-state index contributed by atoms with van der Waals surface area (Å²) in [6, 6.07) is 0. The molecular weight excluding hydrogens is 176 g/mol. The molecule has 3 heteroatoms. The summed E-state index contributed by atoms with van der Waals surface area (Å²) in [4.78, 5) is 2.31. The van der Waals surface area contributed by atoms with Crippen LogP contribution in [0.5, 0.6) is 0 Å². The summed E-state index contributed by atoms with van der Waals surface area (Å²) in [5.74, 6) is 0. The van der Waals surface area contributed by atoms with Gasteiger partial charge in [-0.15, -0.1) is 0 Å². The molecule has 1 heterocycles. The number of likely N-dealkylation sites (N-methyl/N-ethyl adjacent to an activating group) is 1. The van der Waals surface area contributed by atoms with Gasteiger partial charge in [0, 0.05) is 6.54 Å². The maximum atomic E-state index is 10.4. The summed E-state index contributed by atoms with van der Waals surface area (Å²) in [6.07, 6.45) is 2.93. The van der Waals surface area contributed by atoms with Crippen LogP contribution in [0.4, 0.5) is 0 Å². The van der Waals surface area contributed by atoms with E-state index in [1.165, 1.54) is 0 Å². The van der Waals surface area contributed by atoms with Gasteiger partial charge in [-0.25, -0.2) is 0 Å². The Hall–Kier alpha value is -0.120. The molecule has 1 rings (SSSR count). The summed E-state index contributed by atoms with van der Waals surface area (Å²) in [7, 11) is 0. The van der Waals surface area contributed by atoms with Crippen LogP contribution in [0.15, 0.2) is 0 Å². The van der Waals surface area contributed by atoms with Crippen molar-refractivity contribution in [2.75, 3.05) is 32.7 Å². The van der Waals surface area contributed by atoms with Crippen molar-refractivity contribution in [2.24, 2.45) is 0 Å². The molecule has 2 N–H and O–H groups in total. The molecule has 1 aliphatic heterocycles. The largest absolute Gasteiger partial charge is 0.389 e. The molecule has 0 unspecified atom stereocenters. The lowest BCUT2D eigenvalue weighted by Crippen LogP contribution is -2.43. The maximum absolute atomic E-state index is 10.4. The minimum Gasteiger partial charge on any atom is -0.389 e. The molecule has 0 aliphatic carbocycles. The molecule has 1 atom stereocenters. The lowest BCUT2D eigenvalue weighted by atomic mass is 9.94. The molecule has 0 bridgehead atoms. The van der Waals surface area contributed by atoms with E-state index in [0.29, 0.717) is 0 Å². The zero-order valence-electron chi connectivity index (χ0n) is 9.55. The third kappa shape index (κ3) is 3.56. The van der Waals surface area contributed by atoms with Gasteiger partial charge in [-0.3, -0.25) is 0 Å². The van der Waals surface area contributed by atoms with Crippen LogP contribution in [0.2, 0.25) is 0 Å². The molecule has 0 radical (unpaired) electrons. The second kappa shape index (κ2) is 5.69. The highest BCUT2D eigenvalue weighted by atomic mass is 16.3. The van der Waals surface area contributed by atoms with Gasteiger partial charge in [0.2, 0.25) is 0 Å². The highest BCUT2D eigenvalue weighted by Crippen LogP contribution is 2.20. The van der Waals surface area contributed by atoms with Crippen LogP contribution in [0.1, 0.15) is 33.1 Å². The van der Waals surface area contributed by atoms with Crippen molar-refractivity contribution >= 4 is 0 Å². The SMILES string of the molecule is CCN(CC)C[C@@]1(O)CCCNCC1. The van der Waals surface area contributed by atoms with E-state index in [1.807, 2.05) is 0 Å². The first kappa shape index (κ1) is 12.0. The number of hydrogen-bond donors (Lipinski definition) is 2. The average Bonchev–Trinajstić information content (AvgIpc) is 2.40.